The fourth-order valence-corrected chi connectivity index (χ4v) is 4.93. The van der Waals surface area contributed by atoms with Crippen LogP contribution in [-0.4, -0.2) is 35.9 Å². The lowest BCUT2D eigenvalue weighted by atomic mass is 10.1. The Kier molecular flexibility index (Phi) is 20.7. The standard InChI is InChI=1S/C40H52N4O4/c1-3-5-7-9-11-13-15-17-19-25-47-35-23-21-33(39(45)27-35)31-43-37(29-41)38(30-42)44-32-34-22-24-36(28-40(34)46)48-26-20-18-16-14-12-10-8-6-4-2/h3-4,21-24,27-28,31-32,45-46H,1-2,5-20,25-26H2/b38-37-,43-31?,44-32?. The number of aromatic hydroxyl groups is 2. The van der Waals surface area contributed by atoms with Crippen molar-refractivity contribution in [3.63, 3.8) is 0 Å². The van der Waals surface area contributed by atoms with E-state index < -0.39 is 0 Å². The van der Waals surface area contributed by atoms with Gasteiger partial charge in [-0.2, -0.15) is 10.5 Å². The summed E-state index contributed by atoms with van der Waals surface area (Å²) in [5.74, 6) is 0.976. The van der Waals surface area contributed by atoms with Gasteiger partial charge in [0.05, 0.1) is 13.2 Å². The fraction of sp³-hybridized carbons (Fsp3) is 0.450. The van der Waals surface area contributed by atoms with Crippen LogP contribution in [-0.2, 0) is 0 Å². The van der Waals surface area contributed by atoms with Crippen LogP contribution in [0.15, 0.2) is 83.1 Å². The van der Waals surface area contributed by atoms with Crippen molar-refractivity contribution < 1.29 is 19.7 Å². The van der Waals surface area contributed by atoms with Crippen LogP contribution in [0, 0.1) is 22.7 Å². The number of aliphatic imine (C=N–C) groups is 2. The monoisotopic (exact) mass is 652 g/mol. The Morgan fingerprint density at radius 3 is 1.27 bits per heavy atom. The lowest BCUT2D eigenvalue weighted by Gasteiger charge is -2.08. The number of hydrogen-bond donors (Lipinski definition) is 2. The molecule has 0 aliphatic heterocycles. The summed E-state index contributed by atoms with van der Waals surface area (Å²) >= 11 is 0. The molecule has 8 nitrogen and oxygen atoms in total. The Morgan fingerprint density at radius 1 is 0.583 bits per heavy atom. The van der Waals surface area contributed by atoms with Gasteiger partial charge < -0.3 is 19.7 Å². The molecule has 2 N–H and O–H groups in total. The molecule has 0 unspecified atom stereocenters. The maximum atomic E-state index is 10.5. The number of phenolic OH excluding ortho intramolecular Hbond substituents is 2. The first-order valence-electron chi connectivity index (χ1n) is 17.3. The summed E-state index contributed by atoms with van der Waals surface area (Å²) in [4.78, 5) is 8.19. The van der Waals surface area contributed by atoms with E-state index in [9.17, 15) is 20.7 Å². The number of nitriles is 2. The number of phenols is 2. The molecule has 48 heavy (non-hydrogen) atoms. The molecule has 0 heterocycles. The normalized spacial score (nSPS) is 11.6. The number of rotatable bonds is 26. The van der Waals surface area contributed by atoms with Crippen molar-refractivity contribution in [2.45, 2.75) is 103 Å². The SMILES string of the molecule is C=CCCCCCCCCCOc1ccc(C=N/C(C#N)=C(/C#N)N=Cc2ccc(OCCCCCCCCCC=C)cc2O)c(O)c1. The molecule has 0 atom stereocenters. The molecular weight excluding hydrogens is 600 g/mol. The molecule has 0 fully saturated rings. The highest BCUT2D eigenvalue weighted by Crippen LogP contribution is 2.25. The van der Waals surface area contributed by atoms with Crippen LogP contribution in [0.1, 0.15) is 114 Å². The fourth-order valence-electron chi connectivity index (χ4n) is 4.93. The summed E-state index contributed by atoms with van der Waals surface area (Å²) < 4.78 is 11.5. The zero-order valence-electron chi connectivity index (χ0n) is 28.4. The molecule has 0 amide bonds. The third-order valence-electron chi connectivity index (χ3n) is 7.75. The van der Waals surface area contributed by atoms with E-state index in [2.05, 4.69) is 23.1 Å². The minimum absolute atomic E-state index is 0.0581. The van der Waals surface area contributed by atoms with Crippen molar-refractivity contribution in [2.75, 3.05) is 13.2 Å². The maximum Gasteiger partial charge on any atom is 0.176 e. The summed E-state index contributed by atoms with van der Waals surface area (Å²) in [5.41, 5.74) is 0.261. The Bertz CT molecular complexity index is 1320. The van der Waals surface area contributed by atoms with Crippen molar-refractivity contribution in [3.05, 3.63) is 84.2 Å². The highest BCUT2D eigenvalue weighted by molar-refractivity contribution is 5.86. The van der Waals surface area contributed by atoms with Crippen LogP contribution in [0.4, 0.5) is 0 Å². The van der Waals surface area contributed by atoms with Crippen molar-refractivity contribution >= 4 is 12.4 Å². The molecule has 0 spiro atoms. The predicted molar refractivity (Wildman–Crippen MR) is 195 cm³/mol. The van der Waals surface area contributed by atoms with Gasteiger partial charge in [-0.15, -0.1) is 13.2 Å². The zero-order chi connectivity index (χ0) is 34.7. The third kappa shape index (κ3) is 16.7. The second-order valence-corrected chi connectivity index (χ2v) is 11.7. The van der Waals surface area contributed by atoms with Crippen LogP contribution in [0.25, 0.3) is 0 Å². The van der Waals surface area contributed by atoms with Crippen LogP contribution in [0.2, 0.25) is 0 Å². The predicted octanol–water partition coefficient (Wildman–Crippen LogP) is 10.3. The molecule has 0 saturated carbocycles. The summed E-state index contributed by atoms with van der Waals surface area (Å²) in [7, 11) is 0. The van der Waals surface area contributed by atoms with Crippen LogP contribution < -0.4 is 9.47 Å². The number of nitrogens with zero attached hydrogens (tertiary/aromatic N) is 4. The van der Waals surface area contributed by atoms with Gasteiger partial charge in [-0.25, -0.2) is 9.98 Å². The molecular formula is C40H52N4O4. The maximum absolute atomic E-state index is 10.5. The summed E-state index contributed by atoms with van der Waals surface area (Å²) in [5, 5.41) is 40.2. The number of unbranched alkanes of at least 4 members (excludes halogenated alkanes) is 14. The topological polar surface area (TPSA) is 131 Å². The lowest BCUT2D eigenvalue weighted by Crippen LogP contribution is -1.98. The van der Waals surface area contributed by atoms with E-state index >= 15 is 0 Å². The average Bonchev–Trinajstić information content (AvgIpc) is 3.09. The van der Waals surface area contributed by atoms with Crippen LogP contribution >= 0.6 is 0 Å². The number of ether oxygens (including phenoxy) is 2. The molecule has 2 aromatic rings. The number of benzene rings is 2. The average molecular weight is 653 g/mol. The van der Waals surface area contributed by atoms with E-state index in [1.165, 1.54) is 88.8 Å². The highest BCUT2D eigenvalue weighted by Gasteiger charge is 2.07. The highest BCUT2D eigenvalue weighted by atomic mass is 16.5. The van der Waals surface area contributed by atoms with Crippen LogP contribution in [0.3, 0.4) is 0 Å². The molecule has 0 aliphatic rings. The molecule has 2 rings (SSSR count). The van der Waals surface area contributed by atoms with E-state index in [4.69, 9.17) is 9.47 Å². The minimum atomic E-state index is -0.231. The Hall–Kier alpha value is -4.82. The van der Waals surface area contributed by atoms with E-state index in [0.29, 0.717) is 35.8 Å². The van der Waals surface area contributed by atoms with Gasteiger partial charge in [-0.3, -0.25) is 0 Å². The largest absolute Gasteiger partial charge is 0.507 e. The van der Waals surface area contributed by atoms with Crippen molar-refractivity contribution in [2.24, 2.45) is 9.98 Å². The van der Waals surface area contributed by atoms with Gasteiger partial charge in [-0.1, -0.05) is 76.4 Å². The van der Waals surface area contributed by atoms with Crippen molar-refractivity contribution in [1.29, 1.82) is 10.5 Å². The molecule has 8 heteroatoms. The molecule has 0 aromatic heterocycles. The molecule has 2 aromatic carbocycles. The first-order valence-corrected chi connectivity index (χ1v) is 17.3. The Balaban J connectivity index is 1.83. The zero-order valence-corrected chi connectivity index (χ0v) is 28.4. The van der Waals surface area contributed by atoms with E-state index in [1.54, 1.807) is 24.3 Å². The van der Waals surface area contributed by atoms with E-state index in [-0.39, 0.29) is 22.9 Å². The van der Waals surface area contributed by atoms with Gasteiger partial charge in [0, 0.05) is 35.7 Å². The van der Waals surface area contributed by atoms with Crippen LogP contribution in [0.5, 0.6) is 23.0 Å². The molecule has 0 radical (unpaired) electrons. The molecule has 0 saturated heterocycles. The van der Waals surface area contributed by atoms with E-state index in [0.717, 1.165) is 38.5 Å². The first kappa shape index (κ1) is 39.4. The molecule has 0 aliphatic carbocycles. The Labute approximate surface area is 287 Å². The quantitative estimate of drug-likeness (QED) is 0.0450. The number of hydrogen-bond acceptors (Lipinski definition) is 8. The molecule has 0 bridgehead atoms. The van der Waals surface area contributed by atoms with Crippen molar-refractivity contribution in [3.8, 4) is 35.1 Å². The smallest absolute Gasteiger partial charge is 0.176 e. The Morgan fingerprint density at radius 2 is 0.938 bits per heavy atom. The van der Waals surface area contributed by atoms with Gasteiger partial charge in [0.25, 0.3) is 0 Å². The van der Waals surface area contributed by atoms with Gasteiger partial charge in [0.2, 0.25) is 0 Å². The lowest BCUT2D eigenvalue weighted by molar-refractivity contribution is 0.302. The summed E-state index contributed by atoms with van der Waals surface area (Å²) in [6.07, 6.45) is 25.1. The number of allylic oxidation sites excluding steroid dienone is 4. The van der Waals surface area contributed by atoms with Gasteiger partial charge in [-0.05, 0) is 62.8 Å². The van der Waals surface area contributed by atoms with Gasteiger partial charge in [0.15, 0.2) is 11.4 Å². The van der Waals surface area contributed by atoms with Crippen molar-refractivity contribution in [1.82, 2.24) is 0 Å². The van der Waals surface area contributed by atoms with E-state index in [1.807, 2.05) is 24.3 Å². The first-order chi connectivity index (χ1) is 23.5. The van der Waals surface area contributed by atoms with Gasteiger partial charge in [0.1, 0.15) is 35.1 Å². The summed E-state index contributed by atoms with van der Waals surface area (Å²) in [6, 6.07) is 13.5. The second kappa shape index (κ2) is 25.3. The summed E-state index contributed by atoms with van der Waals surface area (Å²) in [6.45, 7) is 8.64. The minimum Gasteiger partial charge on any atom is -0.507 e. The molecule has 256 valence electrons. The van der Waals surface area contributed by atoms with Gasteiger partial charge >= 0.3 is 0 Å². The third-order valence-corrected chi connectivity index (χ3v) is 7.75. The second-order valence-electron chi connectivity index (χ2n) is 11.7.